The summed E-state index contributed by atoms with van der Waals surface area (Å²) >= 11 is 0. The van der Waals surface area contributed by atoms with E-state index in [1.165, 1.54) is 0 Å². The summed E-state index contributed by atoms with van der Waals surface area (Å²) in [5.41, 5.74) is 5.03. The molecule has 2 aliphatic heterocycles. The van der Waals surface area contributed by atoms with Crippen molar-refractivity contribution in [3.63, 3.8) is 0 Å². The number of benzene rings is 2. The van der Waals surface area contributed by atoms with Crippen LogP contribution in [0, 0.1) is 11.8 Å². The molecule has 0 radical (unpaired) electrons. The predicted molar refractivity (Wildman–Crippen MR) is 169 cm³/mol. The van der Waals surface area contributed by atoms with Gasteiger partial charge in [0.2, 0.25) is 17.7 Å². The molecule has 0 spiro atoms. The largest absolute Gasteiger partial charge is 0.330 e. The number of hydrogen-bond acceptors (Lipinski definition) is 6. The molecule has 0 bridgehead atoms. The molecule has 2 saturated carbocycles. The minimum Gasteiger partial charge on any atom is -0.330 e. The van der Waals surface area contributed by atoms with E-state index in [0.29, 0.717) is 24.6 Å². The molecule has 2 atom stereocenters. The van der Waals surface area contributed by atoms with Gasteiger partial charge in [0, 0.05) is 35.3 Å². The highest BCUT2D eigenvalue weighted by atomic mass is 16.2. The first kappa shape index (κ1) is 29.7. The van der Waals surface area contributed by atoms with E-state index < -0.39 is 0 Å². The Morgan fingerprint density at radius 1 is 0.795 bits per heavy atom. The van der Waals surface area contributed by atoms with Crippen molar-refractivity contribution < 1.29 is 19.2 Å². The highest BCUT2D eigenvalue weighted by Crippen LogP contribution is 2.34. The fourth-order valence-corrected chi connectivity index (χ4v) is 5.87. The third kappa shape index (κ3) is 7.07. The van der Waals surface area contributed by atoms with Crippen LogP contribution >= 0.6 is 0 Å². The van der Waals surface area contributed by atoms with Crippen molar-refractivity contribution in [2.75, 3.05) is 30.8 Å². The monoisotopic (exact) mass is 596 g/mol. The Morgan fingerprint density at radius 3 is 1.93 bits per heavy atom. The number of likely N-dealkylation sites (N-methyl/N-ethyl adjacent to an activating group) is 1. The van der Waals surface area contributed by atoms with Gasteiger partial charge in [-0.3, -0.25) is 24.4 Å². The number of carbonyl (C=O) groups excluding carboxylic acids is 4. The second-order valence-electron chi connectivity index (χ2n) is 12.4. The normalized spacial score (nSPS) is 21.3. The van der Waals surface area contributed by atoms with E-state index in [4.69, 9.17) is 0 Å². The summed E-state index contributed by atoms with van der Waals surface area (Å²) in [6.45, 7) is 1.63. The van der Waals surface area contributed by atoms with E-state index in [1.807, 2.05) is 61.6 Å². The maximum atomic E-state index is 12.9. The molecule has 10 nitrogen and oxygen atoms in total. The Kier molecular flexibility index (Phi) is 8.88. The molecule has 4 fully saturated rings. The number of anilines is 2. The average Bonchev–Trinajstić information content (AvgIpc) is 3.91. The van der Waals surface area contributed by atoms with Crippen LogP contribution in [0.15, 0.2) is 54.6 Å². The van der Waals surface area contributed by atoms with Gasteiger partial charge in [-0.2, -0.15) is 5.10 Å². The van der Waals surface area contributed by atoms with Gasteiger partial charge in [-0.05, 0) is 101 Å². The van der Waals surface area contributed by atoms with Crippen LogP contribution in [-0.4, -0.2) is 76.2 Å². The van der Waals surface area contributed by atoms with Crippen molar-refractivity contribution in [1.29, 1.82) is 0 Å². The Hall–Kier alpha value is -4.31. The highest BCUT2D eigenvalue weighted by Gasteiger charge is 2.40. The Balaban J connectivity index is 0.000000625. The number of hydrogen-bond donors (Lipinski definition) is 3. The molecule has 4 aliphatic rings. The number of amides is 3. The van der Waals surface area contributed by atoms with Crippen molar-refractivity contribution in [2.24, 2.45) is 11.8 Å². The lowest BCUT2D eigenvalue weighted by Crippen LogP contribution is -2.43. The van der Waals surface area contributed by atoms with Crippen molar-refractivity contribution in [2.45, 2.75) is 63.5 Å². The van der Waals surface area contributed by atoms with E-state index in [1.54, 1.807) is 4.90 Å². The zero-order valence-corrected chi connectivity index (χ0v) is 25.1. The van der Waals surface area contributed by atoms with Crippen LogP contribution in [0.1, 0.15) is 51.4 Å². The third-order valence-electron chi connectivity index (χ3n) is 8.89. The van der Waals surface area contributed by atoms with Crippen LogP contribution in [0.4, 0.5) is 11.4 Å². The zero-order valence-electron chi connectivity index (χ0n) is 25.1. The molecule has 7 rings (SSSR count). The van der Waals surface area contributed by atoms with Crippen LogP contribution in [0.5, 0.6) is 0 Å². The van der Waals surface area contributed by atoms with E-state index in [2.05, 4.69) is 25.7 Å². The van der Waals surface area contributed by atoms with Crippen LogP contribution in [0.3, 0.4) is 0 Å². The maximum absolute atomic E-state index is 12.9. The summed E-state index contributed by atoms with van der Waals surface area (Å²) in [6, 6.07) is 16.9. The molecule has 10 heteroatoms. The van der Waals surface area contributed by atoms with E-state index >= 15 is 0 Å². The van der Waals surface area contributed by atoms with Gasteiger partial charge >= 0.3 is 0 Å². The Bertz CT molecular complexity index is 1490. The van der Waals surface area contributed by atoms with E-state index in [9.17, 15) is 19.2 Å². The molecule has 1 aromatic heterocycles. The number of carbonyl (C=O) groups is 4. The summed E-state index contributed by atoms with van der Waals surface area (Å²) in [5.74, 6) is 0.633. The van der Waals surface area contributed by atoms with Gasteiger partial charge in [0.25, 0.3) is 0 Å². The summed E-state index contributed by atoms with van der Waals surface area (Å²) in [4.78, 5) is 51.4. The minimum absolute atomic E-state index is 0.0387. The lowest BCUT2D eigenvalue weighted by molar-refractivity contribution is -0.137. The quantitative estimate of drug-likeness (QED) is 0.323. The first-order chi connectivity index (χ1) is 21.4. The molecule has 2 aliphatic carbocycles. The number of aldehydes is 1. The molecule has 3 heterocycles. The summed E-state index contributed by atoms with van der Waals surface area (Å²) in [6.07, 6.45) is 8.73. The molecule has 2 saturated heterocycles. The number of H-pyrrole nitrogens is 1. The SMILES string of the molecule is CN1CCC[C@H]1C(=O)Nc1ccc(-c2cc(-c3ccc(NC(=O)[C@@H]4CCCN4C(=O)C4CC4)cc3)[nH]n2)cc1.O=CC1CC1. The maximum Gasteiger partial charge on any atom is 0.247 e. The fourth-order valence-electron chi connectivity index (χ4n) is 5.87. The highest BCUT2D eigenvalue weighted by molar-refractivity contribution is 5.98. The summed E-state index contributed by atoms with van der Waals surface area (Å²) in [7, 11) is 1.99. The molecule has 230 valence electrons. The van der Waals surface area contributed by atoms with Gasteiger partial charge < -0.3 is 20.3 Å². The van der Waals surface area contributed by atoms with Crippen molar-refractivity contribution in [3.8, 4) is 22.5 Å². The van der Waals surface area contributed by atoms with Gasteiger partial charge in [0.05, 0.1) is 17.4 Å². The fraction of sp³-hybridized carbons (Fsp3) is 0.441. The average molecular weight is 597 g/mol. The van der Waals surface area contributed by atoms with E-state index in [0.717, 1.165) is 86.0 Å². The standard InChI is InChI=1S/C30H34N6O3.C4H6O/c1-35-16-2-4-26(35)28(37)31-22-12-8-19(9-13-22)24-18-25(34-33-24)20-10-14-23(15-11-20)32-29(38)27-5-3-17-36(27)30(39)21-6-7-21;5-3-4-1-2-4/h8-15,18,21,26-27H,2-7,16-17H2,1H3,(H,31,37)(H,32,38)(H,33,34);3-4H,1-2H2/t26-,27-;/m0./s1. The van der Waals surface area contributed by atoms with Crippen molar-refractivity contribution in [1.82, 2.24) is 20.0 Å². The lowest BCUT2D eigenvalue weighted by Gasteiger charge is -2.24. The van der Waals surface area contributed by atoms with Crippen LogP contribution in [-0.2, 0) is 19.2 Å². The van der Waals surface area contributed by atoms with Crippen molar-refractivity contribution in [3.05, 3.63) is 54.6 Å². The molecule has 0 unspecified atom stereocenters. The number of rotatable bonds is 8. The van der Waals surface area contributed by atoms with Crippen LogP contribution in [0.25, 0.3) is 22.5 Å². The molecule has 3 aromatic rings. The topological polar surface area (TPSA) is 128 Å². The smallest absolute Gasteiger partial charge is 0.247 e. The molecule has 3 amide bonds. The van der Waals surface area contributed by atoms with E-state index in [-0.39, 0.29) is 35.7 Å². The third-order valence-corrected chi connectivity index (χ3v) is 8.89. The first-order valence-corrected chi connectivity index (χ1v) is 15.7. The predicted octanol–water partition coefficient (Wildman–Crippen LogP) is 4.71. The number of nitrogens with zero attached hydrogens (tertiary/aromatic N) is 3. The molecule has 44 heavy (non-hydrogen) atoms. The van der Waals surface area contributed by atoms with Crippen molar-refractivity contribution >= 4 is 35.4 Å². The van der Waals surface area contributed by atoms with Gasteiger partial charge in [0.1, 0.15) is 12.3 Å². The number of aromatic nitrogens is 2. The second kappa shape index (κ2) is 13.1. The number of likely N-dealkylation sites (tertiary alicyclic amines) is 2. The minimum atomic E-state index is -0.378. The molecule has 3 N–H and O–H groups in total. The van der Waals surface area contributed by atoms with Gasteiger partial charge in [-0.15, -0.1) is 0 Å². The second-order valence-corrected chi connectivity index (χ2v) is 12.4. The summed E-state index contributed by atoms with van der Waals surface area (Å²) in [5, 5.41) is 13.6. The molecular weight excluding hydrogens is 556 g/mol. The number of nitrogens with one attached hydrogen (secondary N) is 3. The first-order valence-electron chi connectivity index (χ1n) is 15.7. The van der Waals surface area contributed by atoms with Gasteiger partial charge in [-0.25, -0.2) is 0 Å². The Morgan fingerprint density at radius 2 is 1.39 bits per heavy atom. The summed E-state index contributed by atoms with van der Waals surface area (Å²) < 4.78 is 0. The zero-order chi connectivity index (χ0) is 30.6. The van der Waals surface area contributed by atoms with Gasteiger partial charge in [0.15, 0.2) is 0 Å². The number of aromatic amines is 1. The van der Waals surface area contributed by atoms with Crippen LogP contribution in [0.2, 0.25) is 0 Å². The molecular formula is C34H40N6O4. The lowest BCUT2D eigenvalue weighted by atomic mass is 10.1. The Labute approximate surface area is 257 Å². The molecule has 2 aromatic carbocycles. The van der Waals surface area contributed by atoms with Crippen LogP contribution < -0.4 is 10.6 Å². The van der Waals surface area contributed by atoms with Gasteiger partial charge in [-0.1, -0.05) is 24.3 Å².